The molecule has 1 unspecified atom stereocenters. The van der Waals surface area contributed by atoms with Crippen molar-refractivity contribution in [2.45, 2.75) is 18.8 Å². The van der Waals surface area contributed by atoms with E-state index < -0.39 is 0 Å². The van der Waals surface area contributed by atoms with E-state index in [1.165, 1.54) is 5.56 Å². The van der Waals surface area contributed by atoms with E-state index in [-0.39, 0.29) is 18.4 Å². The van der Waals surface area contributed by atoms with Crippen molar-refractivity contribution in [2.24, 2.45) is 0 Å². The van der Waals surface area contributed by atoms with E-state index in [2.05, 4.69) is 11.4 Å². The summed E-state index contributed by atoms with van der Waals surface area (Å²) in [5.41, 5.74) is 2.44. The Morgan fingerprint density at radius 2 is 2.22 bits per heavy atom. The molecule has 4 heteroatoms. The predicted octanol–water partition coefficient (Wildman–Crippen LogP) is 0.841. The van der Waals surface area contributed by atoms with Crippen molar-refractivity contribution < 1.29 is 14.6 Å². The SMILES string of the molecule is O=C(NCCOCCO)C1CCc2ccccc21. The molecule has 1 aliphatic carbocycles. The molecule has 0 saturated heterocycles. The van der Waals surface area contributed by atoms with Crippen LogP contribution in [0.25, 0.3) is 0 Å². The van der Waals surface area contributed by atoms with E-state index in [0.717, 1.165) is 18.4 Å². The molecule has 1 aromatic carbocycles. The molecule has 4 nitrogen and oxygen atoms in total. The molecule has 0 bridgehead atoms. The van der Waals surface area contributed by atoms with Crippen LogP contribution in [0, 0.1) is 0 Å². The molecule has 0 heterocycles. The van der Waals surface area contributed by atoms with Gasteiger partial charge in [0.05, 0.1) is 25.7 Å². The number of benzene rings is 1. The minimum absolute atomic E-state index is 0.0148. The Balaban J connectivity index is 1.80. The third-order valence-corrected chi connectivity index (χ3v) is 3.23. The molecular formula is C14H19NO3. The Morgan fingerprint density at radius 3 is 3.06 bits per heavy atom. The van der Waals surface area contributed by atoms with Crippen LogP contribution < -0.4 is 5.32 Å². The van der Waals surface area contributed by atoms with Crippen LogP contribution in [0.5, 0.6) is 0 Å². The van der Waals surface area contributed by atoms with Gasteiger partial charge in [0.1, 0.15) is 0 Å². The van der Waals surface area contributed by atoms with Crippen molar-refractivity contribution in [3.05, 3.63) is 35.4 Å². The maximum Gasteiger partial charge on any atom is 0.227 e. The first kappa shape index (κ1) is 13.1. The smallest absolute Gasteiger partial charge is 0.227 e. The molecule has 98 valence electrons. The standard InChI is InChI=1S/C14H19NO3/c16-8-10-18-9-7-15-14(17)13-6-5-11-3-1-2-4-12(11)13/h1-4,13,16H,5-10H2,(H,15,17). The van der Waals surface area contributed by atoms with Crippen molar-refractivity contribution in [3.8, 4) is 0 Å². The van der Waals surface area contributed by atoms with Crippen LogP contribution in [0.4, 0.5) is 0 Å². The fourth-order valence-electron chi connectivity index (χ4n) is 2.37. The first-order valence-electron chi connectivity index (χ1n) is 6.37. The van der Waals surface area contributed by atoms with Gasteiger partial charge < -0.3 is 15.2 Å². The lowest BCUT2D eigenvalue weighted by atomic mass is 10.0. The van der Waals surface area contributed by atoms with Gasteiger partial charge in [0.2, 0.25) is 5.91 Å². The number of fused-ring (bicyclic) bond motifs is 1. The second-order valence-electron chi connectivity index (χ2n) is 4.42. The van der Waals surface area contributed by atoms with Gasteiger partial charge in [-0.15, -0.1) is 0 Å². The summed E-state index contributed by atoms with van der Waals surface area (Å²) in [6.07, 6.45) is 1.87. The van der Waals surface area contributed by atoms with Crippen molar-refractivity contribution >= 4 is 5.91 Å². The molecule has 1 aliphatic rings. The largest absolute Gasteiger partial charge is 0.394 e. The Hall–Kier alpha value is -1.39. The van der Waals surface area contributed by atoms with Gasteiger partial charge in [-0.05, 0) is 24.0 Å². The molecule has 1 aromatic rings. The normalized spacial score (nSPS) is 17.5. The van der Waals surface area contributed by atoms with Gasteiger partial charge in [-0.25, -0.2) is 0 Å². The maximum absolute atomic E-state index is 12.0. The lowest BCUT2D eigenvalue weighted by Gasteiger charge is -2.12. The molecule has 0 aromatic heterocycles. The van der Waals surface area contributed by atoms with Crippen molar-refractivity contribution in [1.29, 1.82) is 0 Å². The quantitative estimate of drug-likeness (QED) is 0.735. The summed E-state index contributed by atoms with van der Waals surface area (Å²) < 4.78 is 5.10. The van der Waals surface area contributed by atoms with E-state index in [0.29, 0.717) is 19.8 Å². The maximum atomic E-state index is 12.0. The van der Waals surface area contributed by atoms with Crippen LogP contribution in [-0.2, 0) is 16.0 Å². The number of amides is 1. The summed E-state index contributed by atoms with van der Waals surface area (Å²) in [5.74, 6) is 0.0617. The second-order valence-corrected chi connectivity index (χ2v) is 4.42. The Bertz CT molecular complexity index is 406. The van der Waals surface area contributed by atoms with Gasteiger partial charge >= 0.3 is 0 Å². The topological polar surface area (TPSA) is 58.6 Å². The molecule has 0 fully saturated rings. The highest BCUT2D eigenvalue weighted by atomic mass is 16.5. The van der Waals surface area contributed by atoms with E-state index in [4.69, 9.17) is 9.84 Å². The molecule has 18 heavy (non-hydrogen) atoms. The van der Waals surface area contributed by atoms with Crippen LogP contribution in [0.3, 0.4) is 0 Å². The number of nitrogens with one attached hydrogen (secondary N) is 1. The molecule has 1 atom stereocenters. The molecule has 2 N–H and O–H groups in total. The Kier molecular flexibility index (Phi) is 4.73. The zero-order valence-electron chi connectivity index (χ0n) is 10.4. The lowest BCUT2D eigenvalue weighted by Crippen LogP contribution is -2.31. The van der Waals surface area contributed by atoms with Gasteiger partial charge in [0, 0.05) is 6.54 Å². The number of hydrogen-bond acceptors (Lipinski definition) is 3. The number of aliphatic hydroxyl groups is 1. The molecule has 0 spiro atoms. The average Bonchev–Trinajstić information content (AvgIpc) is 2.82. The highest BCUT2D eigenvalue weighted by Crippen LogP contribution is 2.32. The van der Waals surface area contributed by atoms with E-state index in [9.17, 15) is 4.79 Å². The predicted molar refractivity (Wildman–Crippen MR) is 68.4 cm³/mol. The van der Waals surface area contributed by atoms with Crippen LogP contribution in [0.2, 0.25) is 0 Å². The van der Waals surface area contributed by atoms with Crippen LogP contribution in [0.15, 0.2) is 24.3 Å². The van der Waals surface area contributed by atoms with E-state index in [1.54, 1.807) is 0 Å². The van der Waals surface area contributed by atoms with Crippen LogP contribution in [-0.4, -0.2) is 37.4 Å². The van der Waals surface area contributed by atoms with E-state index >= 15 is 0 Å². The number of rotatable bonds is 6. The monoisotopic (exact) mass is 249 g/mol. The molecule has 0 radical (unpaired) electrons. The van der Waals surface area contributed by atoms with Crippen molar-refractivity contribution in [1.82, 2.24) is 5.32 Å². The number of hydrogen-bond donors (Lipinski definition) is 2. The first-order valence-corrected chi connectivity index (χ1v) is 6.37. The van der Waals surface area contributed by atoms with Gasteiger partial charge in [-0.1, -0.05) is 24.3 Å². The summed E-state index contributed by atoms with van der Waals surface area (Å²) in [4.78, 5) is 12.0. The third-order valence-electron chi connectivity index (χ3n) is 3.23. The summed E-state index contributed by atoms with van der Waals surface area (Å²) in [7, 11) is 0. The van der Waals surface area contributed by atoms with Crippen LogP contribution >= 0.6 is 0 Å². The Labute approximate surface area is 107 Å². The summed E-state index contributed by atoms with van der Waals surface area (Å²) in [5, 5.41) is 11.4. The van der Waals surface area contributed by atoms with Crippen molar-refractivity contribution in [2.75, 3.05) is 26.4 Å². The van der Waals surface area contributed by atoms with E-state index in [1.807, 2.05) is 18.2 Å². The lowest BCUT2D eigenvalue weighted by molar-refractivity contribution is -0.122. The third kappa shape index (κ3) is 3.09. The first-order chi connectivity index (χ1) is 8.83. The molecule has 0 aliphatic heterocycles. The zero-order valence-corrected chi connectivity index (χ0v) is 10.4. The number of carbonyl (C=O) groups is 1. The fourth-order valence-corrected chi connectivity index (χ4v) is 2.37. The summed E-state index contributed by atoms with van der Waals surface area (Å²) in [6, 6.07) is 8.12. The van der Waals surface area contributed by atoms with Gasteiger partial charge in [-0.2, -0.15) is 0 Å². The van der Waals surface area contributed by atoms with Crippen molar-refractivity contribution in [3.63, 3.8) is 0 Å². The molecule has 1 amide bonds. The number of aliphatic hydroxyl groups excluding tert-OH is 1. The zero-order chi connectivity index (χ0) is 12.8. The van der Waals surface area contributed by atoms with Gasteiger partial charge in [0.25, 0.3) is 0 Å². The second kappa shape index (κ2) is 6.52. The summed E-state index contributed by atoms with van der Waals surface area (Å²) in [6.45, 7) is 1.28. The summed E-state index contributed by atoms with van der Waals surface area (Å²) >= 11 is 0. The highest BCUT2D eigenvalue weighted by Gasteiger charge is 2.27. The Morgan fingerprint density at radius 1 is 1.39 bits per heavy atom. The highest BCUT2D eigenvalue weighted by molar-refractivity contribution is 5.84. The molecular weight excluding hydrogens is 230 g/mol. The van der Waals surface area contributed by atoms with Gasteiger partial charge in [0.15, 0.2) is 0 Å². The minimum Gasteiger partial charge on any atom is -0.394 e. The average molecular weight is 249 g/mol. The number of aryl methyl sites for hydroxylation is 1. The minimum atomic E-state index is -0.0148. The number of ether oxygens (including phenoxy) is 1. The van der Waals surface area contributed by atoms with Gasteiger partial charge in [-0.3, -0.25) is 4.79 Å². The number of carbonyl (C=O) groups excluding carboxylic acids is 1. The molecule has 0 saturated carbocycles. The van der Waals surface area contributed by atoms with Crippen LogP contribution in [0.1, 0.15) is 23.5 Å². The fraction of sp³-hybridized carbons (Fsp3) is 0.500. The molecule has 2 rings (SSSR count).